The van der Waals surface area contributed by atoms with Crippen LogP contribution in [0.4, 0.5) is 15.8 Å². The number of aliphatic hydroxyl groups is 1. The largest absolute Gasteiger partial charge is 0.465 e. The van der Waals surface area contributed by atoms with Gasteiger partial charge in [-0.3, -0.25) is 29.9 Å². The molecule has 1 amide bonds. The van der Waals surface area contributed by atoms with Gasteiger partial charge in [0.05, 0.1) is 46.2 Å². The number of hydrogen-bond donors (Lipinski definition) is 2. The highest BCUT2D eigenvalue weighted by Gasteiger charge is 2.71. The first-order valence-corrected chi connectivity index (χ1v) is 15.6. The van der Waals surface area contributed by atoms with E-state index in [4.69, 9.17) is 27.9 Å². The van der Waals surface area contributed by atoms with Crippen molar-refractivity contribution in [2.45, 2.75) is 63.3 Å². The summed E-state index contributed by atoms with van der Waals surface area (Å²) in [5.74, 6) is -3.74. The molecule has 1 spiro atoms. The quantitative estimate of drug-likeness (QED) is 0.143. The van der Waals surface area contributed by atoms with E-state index in [1.54, 1.807) is 17.0 Å². The van der Waals surface area contributed by atoms with Gasteiger partial charge in [-0.15, -0.1) is 0 Å². The van der Waals surface area contributed by atoms with E-state index < -0.39 is 69.3 Å². The fourth-order valence-electron chi connectivity index (χ4n) is 7.46. The van der Waals surface area contributed by atoms with Crippen LogP contribution in [-0.4, -0.2) is 57.5 Å². The van der Waals surface area contributed by atoms with Crippen molar-refractivity contribution in [2.24, 2.45) is 5.92 Å². The number of amides is 1. The first kappa shape index (κ1) is 35.1. The highest BCUT2D eigenvalue weighted by Crippen LogP contribution is 2.60. The van der Waals surface area contributed by atoms with E-state index in [-0.39, 0.29) is 47.2 Å². The van der Waals surface area contributed by atoms with Crippen LogP contribution in [0.1, 0.15) is 71.3 Å². The zero-order chi connectivity index (χ0) is 33.9. The molecular weight excluding hydrogens is 670 g/mol. The van der Waals surface area contributed by atoms with E-state index in [0.29, 0.717) is 16.3 Å². The SMILES string of the molecule is C.COC(=O)c1ccc(C(O)C[C@H]2[C@@H]([N+](=O)[O-])[C@H](c3cccc(Cl)c3F)[C@]3(C(=O)Nc4cc(Cl)ccc43)N2CC2CC2)c([N+](=O)[O-])c1C. The van der Waals surface area contributed by atoms with E-state index in [1.165, 1.54) is 43.3 Å². The molecule has 3 aromatic carbocycles. The van der Waals surface area contributed by atoms with E-state index in [9.17, 15) is 34.9 Å². The molecule has 1 aliphatic carbocycles. The van der Waals surface area contributed by atoms with Crippen molar-refractivity contribution < 1.29 is 33.7 Å². The second-order valence-electron chi connectivity index (χ2n) is 12.1. The van der Waals surface area contributed by atoms with Crippen molar-refractivity contribution in [1.29, 1.82) is 0 Å². The normalized spacial score (nSPS) is 23.7. The minimum absolute atomic E-state index is 0. The summed E-state index contributed by atoms with van der Waals surface area (Å²) >= 11 is 12.5. The summed E-state index contributed by atoms with van der Waals surface area (Å²) < 4.78 is 20.7. The number of carbonyl (C=O) groups excluding carboxylic acids is 2. The van der Waals surface area contributed by atoms with Gasteiger partial charge in [-0.1, -0.05) is 48.8 Å². The van der Waals surface area contributed by atoms with E-state index in [2.05, 4.69) is 5.32 Å². The summed E-state index contributed by atoms with van der Waals surface area (Å²) in [5, 5.41) is 40.0. The average molecular weight is 704 g/mol. The number of ether oxygens (including phenoxy) is 1. The summed E-state index contributed by atoms with van der Waals surface area (Å²) in [6.45, 7) is 1.53. The average Bonchev–Trinajstić information content (AvgIpc) is 3.74. The van der Waals surface area contributed by atoms with Crippen LogP contribution in [0.2, 0.25) is 10.0 Å². The fraction of sp³-hybridized carbons (Fsp3) is 0.394. The smallest absolute Gasteiger partial charge is 0.338 e. The van der Waals surface area contributed by atoms with E-state index >= 15 is 4.39 Å². The number of nitro benzene ring substituents is 1. The number of carbonyl (C=O) groups is 2. The number of fused-ring (bicyclic) bond motifs is 2. The Hall–Kier alpha value is -4.17. The number of likely N-dealkylation sites (tertiary alicyclic amines) is 1. The number of nitro groups is 2. The Morgan fingerprint density at radius 1 is 1.19 bits per heavy atom. The minimum Gasteiger partial charge on any atom is -0.465 e. The predicted octanol–water partition coefficient (Wildman–Crippen LogP) is 6.57. The summed E-state index contributed by atoms with van der Waals surface area (Å²) in [6.07, 6.45) is -0.525. The maximum Gasteiger partial charge on any atom is 0.338 e. The number of benzene rings is 3. The maximum atomic E-state index is 16.0. The van der Waals surface area contributed by atoms with Crippen molar-refractivity contribution in [2.75, 3.05) is 19.0 Å². The van der Waals surface area contributed by atoms with Crippen LogP contribution in [0.5, 0.6) is 0 Å². The Labute approximate surface area is 285 Å². The molecule has 0 radical (unpaired) electrons. The molecule has 5 atom stereocenters. The number of aliphatic hydroxyl groups excluding tert-OH is 1. The molecule has 3 aromatic rings. The molecule has 0 bridgehead atoms. The monoisotopic (exact) mass is 702 g/mol. The molecule has 6 rings (SSSR count). The van der Waals surface area contributed by atoms with Gasteiger partial charge in [0.25, 0.3) is 11.6 Å². The molecule has 3 aliphatic rings. The lowest BCUT2D eigenvalue weighted by atomic mass is 9.73. The first-order valence-electron chi connectivity index (χ1n) is 14.8. The molecule has 2 heterocycles. The zero-order valence-electron chi connectivity index (χ0n) is 25.1. The standard InChI is InChI=1S/C32H29Cl2FN4O8.CH4/c1-15-18(30(41)47-2)9-10-19(28(15)38(43)44)25(40)13-24-29(39(45)46)26(20-4-3-5-22(34)27(20)35)32(37(24)14-16-6-7-16)21-11-8-17(33)12-23(21)36-31(32)42;/h3-5,8-12,16,24-26,29,40H,6-7,13-14H2,1-2H3,(H,36,42);1H4/t24-,25?,26-,29+,32+;/m0./s1. The van der Waals surface area contributed by atoms with Gasteiger partial charge in [-0.2, -0.15) is 0 Å². The number of nitrogens with one attached hydrogen (secondary N) is 1. The van der Waals surface area contributed by atoms with Gasteiger partial charge < -0.3 is 15.2 Å². The molecule has 1 saturated carbocycles. The zero-order valence-corrected chi connectivity index (χ0v) is 26.6. The second kappa shape index (κ2) is 13.0. The molecule has 0 aromatic heterocycles. The summed E-state index contributed by atoms with van der Waals surface area (Å²) in [6, 6.07) is 8.34. The summed E-state index contributed by atoms with van der Waals surface area (Å²) in [7, 11) is 1.13. The van der Waals surface area contributed by atoms with Crippen LogP contribution in [0, 0.1) is 38.9 Å². The number of anilines is 1. The predicted molar refractivity (Wildman–Crippen MR) is 175 cm³/mol. The number of rotatable bonds is 9. The van der Waals surface area contributed by atoms with Gasteiger partial charge in [-0.25, -0.2) is 9.18 Å². The van der Waals surface area contributed by atoms with Crippen molar-refractivity contribution in [1.82, 2.24) is 4.90 Å². The summed E-state index contributed by atoms with van der Waals surface area (Å²) in [4.78, 5) is 52.4. The molecule has 254 valence electrons. The van der Waals surface area contributed by atoms with Crippen molar-refractivity contribution in [3.05, 3.63) is 112 Å². The molecule has 12 nitrogen and oxygen atoms in total. The third-order valence-electron chi connectivity index (χ3n) is 9.61. The molecule has 48 heavy (non-hydrogen) atoms. The van der Waals surface area contributed by atoms with Gasteiger partial charge in [0.1, 0.15) is 11.4 Å². The van der Waals surface area contributed by atoms with Gasteiger partial charge in [0, 0.05) is 38.9 Å². The highest BCUT2D eigenvalue weighted by molar-refractivity contribution is 6.31. The Bertz CT molecular complexity index is 1840. The van der Waals surface area contributed by atoms with Gasteiger partial charge in [0.2, 0.25) is 6.04 Å². The Morgan fingerprint density at radius 3 is 2.52 bits per heavy atom. The topological polar surface area (TPSA) is 165 Å². The van der Waals surface area contributed by atoms with Crippen LogP contribution in [-0.2, 0) is 15.1 Å². The van der Waals surface area contributed by atoms with Gasteiger partial charge in [0.15, 0.2) is 0 Å². The van der Waals surface area contributed by atoms with E-state index in [0.717, 1.165) is 20.0 Å². The molecule has 1 unspecified atom stereocenters. The van der Waals surface area contributed by atoms with Crippen LogP contribution in [0.25, 0.3) is 0 Å². The Kier molecular flexibility index (Phi) is 9.54. The van der Waals surface area contributed by atoms with Crippen LogP contribution in [0.15, 0.2) is 48.5 Å². The number of nitrogens with zero attached hydrogens (tertiary/aromatic N) is 3. The lowest BCUT2D eigenvalue weighted by molar-refractivity contribution is -0.528. The second-order valence-corrected chi connectivity index (χ2v) is 13.0. The lowest BCUT2D eigenvalue weighted by Crippen LogP contribution is -2.53. The van der Waals surface area contributed by atoms with Crippen molar-refractivity contribution >= 4 is 46.5 Å². The van der Waals surface area contributed by atoms with Crippen LogP contribution < -0.4 is 5.32 Å². The maximum absolute atomic E-state index is 16.0. The molecule has 2 fully saturated rings. The Morgan fingerprint density at radius 2 is 1.90 bits per heavy atom. The number of esters is 1. The van der Waals surface area contributed by atoms with E-state index in [1.807, 2.05) is 0 Å². The van der Waals surface area contributed by atoms with Crippen molar-refractivity contribution in [3.63, 3.8) is 0 Å². The Balaban J connectivity index is 0.00000451. The van der Waals surface area contributed by atoms with Crippen LogP contribution >= 0.6 is 23.2 Å². The molecule has 2 N–H and O–H groups in total. The first-order chi connectivity index (χ1) is 22.3. The summed E-state index contributed by atoms with van der Waals surface area (Å²) in [5.41, 5.74) is -2.18. The molecule has 15 heteroatoms. The number of halogens is 3. The minimum atomic E-state index is -1.83. The number of methoxy groups -OCH3 is 1. The van der Waals surface area contributed by atoms with Crippen molar-refractivity contribution in [3.8, 4) is 0 Å². The van der Waals surface area contributed by atoms with Gasteiger partial charge in [-0.05, 0) is 62.4 Å². The third kappa shape index (κ3) is 5.48. The van der Waals surface area contributed by atoms with Crippen LogP contribution in [0.3, 0.4) is 0 Å². The number of hydrogen-bond acceptors (Lipinski definition) is 9. The molecule has 1 saturated heterocycles. The van der Waals surface area contributed by atoms with Gasteiger partial charge >= 0.3 is 5.97 Å². The molecule has 2 aliphatic heterocycles. The lowest BCUT2D eigenvalue weighted by Gasteiger charge is -2.39. The highest BCUT2D eigenvalue weighted by atomic mass is 35.5. The molecular formula is C33H33Cl2FN4O8. The third-order valence-corrected chi connectivity index (χ3v) is 10.1. The fourth-order valence-corrected chi connectivity index (χ4v) is 7.81.